The first-order chi connectivity index (χ1) is 10.4. The minimum Gasteiger partial charge on any atom is -0.480 e. The number of nitrogens with two attached hydrogens (primary N) is 4. The van der Waals surface area contributed by atoms with Crippen LogP contribution in [-0.2, 0) is 9.59 Å². The first-order valence-electron chi connectivity index (χ1n) is 7.73. The lowest BCUT2D eigenvalue weighted by molar-refractivity contribution is -0.139. The van der Waals surface area contributed by atoms with E-state index in [-0.39, 0.29) is 0 Å². The van der Waals surface area contributed by atoms with Gasteiger partial charge in [-0.05, 0) is 38.8 Å². The SMILES string of the molecule is NCCCCCC(N)C(=O)O.NCCCCC[C@H](N)C(=O)O. The van der Waals surface area contributed by atoms with Gasteiger partial charge < -0.3 is 33.1 Å². The molecular formula is C14H32N4O4. The van der Waals surface area contributed by atoms with Gasteiger partial charge in [-0.2, -0.15) is 0 Å². The van der Waals surface area contributed by atoms with Gasteiger partial charge in [-0.15, -0.1) is 0 Å². The van der Waals surface area contributed by atoms with Crippen LogP contribution in [0, 0.1) is 0 Å². The Hall–Kier alpha value is -1.22. The molecule has 8 nitrogen and oxygen atoms in total. The van der Waals surface area contributed by atoms with Gasteiger partial charge >= 0.3 is 11.9 Å². The molecule has 0 radical (unpaired) electrons. The molecule has 10 N–H and O–H groups in total. The lowest BCUT2D eigenvalue weighted by atomic mass is 10.1. The largest absolute Gasteiger partial charge is 0.480 e. The van der Waals surface area contributed by atoms with Crippen LogP contribution in [0.25, 0.3) is 0 Å². The van der Waals surface area contributed by atoms with Gasteiger partial charge in [-0.25, -0.2) is 0 Å². The van der Waals surface area contributed by atoms with Crippen LogP contribution in [0.15, 0.2) is 0 Å². The fraction of sp³-hybridized carbons (Fsp3) is 0.857. The average molecular weight is 320 g/mol. The molecule has 0 amide bonds. The summed E-state index contributed by atoms with van der Waals surface area (Å²) >= 11 is 0. The van der Waals surface area contributed by atoms with Crippen molar-refractivity contribution in [2.24, 2.45) is 22.9 Å². The Morgan fingerprint density at radius 3 is 1.23 bits per heavy atom. The summed E-state index contributed by atoms with van der Waals surface area (Å²) in [6.07, 6.45) is 6.65. The Kier molecular flexibility index (Phi) is 16.9. The van der Waals surface area contributed by atoms with Gasteiger partial charge in [0.2, 0.25) is 0 Å². The molecule has 0 fully saturated rings. The van der Waals surface area contributed by atoms with E-state index < -0.39 is 24.0 Å². The maximum Gasteiger partial charge on any atom is 0.320 e. The Bertz CT molecular complexity index is 262. The van der Waals surface area contributed by atoms with E-state index >= 15 is 0 Å². The van der Waals surface area contributed by atoms with E-state index in [0.717, 1.165) is 38.5 Å². The molecule has 0 saturated heterocycles. The molecule has 0 aromatic heterocycles. The first-order valence-corrected chi connectivity index (χ1v) is 7.73. The summed E-state index contributed by atoms with van der Waals surface area (Å²) in [6.45, 7) is 1.34. The van der Waals surface area contributed by atoms with Crippen LogP contribution in [0.1, 0.15) is 51.4 Å². The second kappa shape index (κ2) is 16.2. The van der Waals surface area contributed by atoms with Gasteiger partial charge in [0, 0.05) is 0 Å². The molecule has 0 spiro atoms. The summed E-state index contributed by atoms with van der Waals surface area (Å²) in [6, 6.07) is -1.40. The van der Waals surface area contributed by atoms with E-state index in [4.69, 9.17) is 33.1 Å². The summed E-state index contributed by atoms with van der Waals surface area (Å²) in [5, 5.41) is 16.8. The van der Waals surface area contributed by atoms with Crippen molar-refractivity contribution in [1.29, 1.82) is 0 Å². The van der Waals surface area contributed by atoms with Crippen molar-refractivity contribution in [3.8, 4) is 0 Å². The summed E-state index contributed by atoms with van der Waals surface area (Å²) in [5.74, 6) is -1.84. The van der Waals surface area contributed by atoms with E-state index in [9.17, 15) is 9.59 Å². The molecule has 0 aromatic rings. The molecule has 0 aliphatic rings. The van der Waals surface area contributed by atoms with E-state index in [2.05, 4.69) is 0 Å². The van der Waals surface area contributed by atoms with E-state index in [1.165, 1.54) is 0 Å². The van der Waals surface area contributed by atoms with Gasteiger partial charge in [-0.3, -0.25) is 9.59 Å². The van der Waals surface area contributed by atoms with Gasteiger partial charge in [0.05, 0.1) is 0 Å². The first kappa shape index (κ1) is 23.1. The average Bonchev–Trinajstić information content (AvgIpc) is 2.48. The van der Waals surface area contributed by atoms with Crippen LogP contribution in [0.5, 0.6) is 0 Å². The quantitative estimate of drug-likeness (QED) is 0.268. The fourth-order valence-electron chi connectivity index (χ4n) is 1.62. The van der Waals surface area contributed by atoms with Crippen LogP contribution in [0.4, 0.5) is 0 Å². The minimum absolute atomic E-state index is 0.551. The zero-order chi connectivity index (χ0) is 17.4. The number of hydrogen-bond acceptors (Lipinski definition) is 6. The number of aliphatic carboxylic acids is 2. The third-order valence-electron chi connectivity index (χ3n) is 3.07. The second-order valence-electron chi connectivity index (χ2n) is 5.17. The monoisotopic (exact) mass is 320 g/mol. The van der Waals surface area contributed by atoms with Gasteiger partial charge in [0.25, 0.3) is 0 Å². The molecule has 0 saturated carbocycles. The summed E-state index contributed by atoms with van der Waals surface area (Å²) in [5.41, 5.74) is 21.1. The highest BCUT2D eigenvalue weighted by atomic mass is 16.4. The number of hydrogen-bond donors (Lipinski definition) is 6. The molecule has 0 heterocycles. The van der Waals surface area contributed by atoms with Crippen molar-refractivity contribution in [3.63, 3.8) is 0 Å². The van der Waals surface area contributed by atoms with E-state index in [0.29, 0.717) is 25.9 Å². The molecule has 0 bridgehead atoms. The predicted molar refractivity (Wildman–Crippen MR) is 86.3 cm³/mol. The smallest absolute Gasteiger partial charge is 0.320 e. The third kappa shape index (κ3) is 16.8. The number of carbonyl (C=O) groups is 2. The van der Waals surface area contributed by atoms with Crippen LogP contribution in [0.2, 0.25) is 0 Å². The Morgan fingerprint density at radius 1 is 0.682 bits per heavy atom. The molecule has 1 unspecified atom stereocenters. The molecular weight excluding hydrogens is 288 g/mol. The number of carboxylic acid groups (broad SMARTS) is 2. The van der Waals surface area contributed by atoms with Crippen molar-refractivity contribution in [2.45, 2.75) is 63.5 Å². The molecule has 0 rings (SSSR count). The zero-order valence-electron chi connectivity index (χ0n) is 13.2. The fourth-order valence-corrected chi connectivity index (χ4v) is 1.62. The zero-order valence-corrected chi connectivity index (χ0v) is 13.2. The standard InChI is InChI=1S/2C7H16N2O2/c2*8-5-3-1-2-4-6(9)7(10)11/h2*6H,1-5,8-9H2,(H,10,11)/t6-;/m0./s1. The summed E-state index contributed by atoms with van der Waals surface area (Å²) < 4.78 is 0. The topological polar surface area (TPSA) is 179 Å². The van der Waals surface area contributed by atoms with Crippen LogP contribution >= 0.6 is 0 Å². The molecule has 2 atom stereocenters. The minimum atomic E-state index is -0.919. The van der Waals surface area contributed by atoms with Crippen molar-refractivity contribution >= 4 is 11.9 Å². The second-order valence-corrected chi connectivity index (χ2v) is 5.17. The number of unbranched alkanes of at least 4 members (excludes halogenated alkanes) is 4. The maximum atomic E-state index is 10.2. The van der Waals surface area contributed by atoms with E-state index in [1.807, 2.05) is 0 Å². The number of carboxylic acids is 2. The van der Waals surface area contributed by atoms with Crippen molar-refractivity contribution in [1.82, 2.24) is 0 Å². The maximum absolute atomic E-state index is 10.2. The van der Waals surface area contributed by atoms with Crippen LogP contribution in [0.3, 0.4) is 0 Å². The van der Waals surface area contributed by atoms with Gasteiger partial charge in [-0.1, -0.05) is 25.7 Å². The van der Waals surface area contributed by atoms with Crippen molar-refractivity contribution in [3.05, 3.63) is 0 Å². The molecule has 0 aliphatic heterocycles. The Labute approximate surface area is 132 Å². The van der Waals surface area contributed by atoms with Crippen molar-refractivity contribution in [2.75, 3.05) is 13.1 Å². The van der Waals surface area contributed by atoms with Crippen LogP contribution < -0.4 is 22.9 Å². The van der Waals surface area contributed by atoms with Crippen LogP contribution in [-0.4, -0.2) is 47.3 Å². The lowest BCUT2D eigenvalue weighted by Crippen LogP contribution is -2.29. The normalized spacial score (nSPS) is 12.9. The van der Waals surface area contributed by atoms with E-state index in [1.54, 1.807) is 0 Å². The Morgan fingerprint density at radius 2 is 1.00 bits per heavy atom. The molecule has 132 valence electrons. The highest BCUT2D eigenvalue weighted by molar-refractivity contribution is 5.73. The highest BCUT2D eigenvalue weighted by Crippen LogP contribution is 2.01. The summed E-state index contributed by atoms with van der Waals surface area (Å²) in [7, 11) is 0. The molecule has 8 heteroatoms. The molecule has 0 aromatic carbocycles. The van der Waals surface area contributed by atoms with Crippen molar-refractivity contribution < 1.29 is 19.8 Å². The van der Waals surface area contributed by atoms with Gasteiger partial charge in [0.15, 0.2) is 0 Å². The Balaban J connectivity index is 0. The lowest BCUT2D eigenvalue weighted by Gasteiger charge is -2.04. The molecule has 22 heavy (non-hydrogen) atoms. The molecule has 0 aliphatic carbocycles. The predicted octanol–water partition coefficient (Wildman–Crippen LogP) is -0.165. The number of rotatable bonds is 12. The summed E-state index contributed by atoms with van der Waals surface area (Å²) in [4.78, 5) is 20.4. The third-order valence-corrected chi connectivity index (χ3v) is 3.07. The van der Waals surface area contributed by atoms with Gasteiger partial charge in [0.1, 0.15) is 12.1 Å². The highest BCUT2D eigenvalue weighted by Gasteiger charge is 2.10.